The molecular formula is C20H39N5O. The lowest BCUT2D eigenvalue weighted by Gasteiger charge is -2.34. The van der Waals surface area contributed by atoms with Gasteiger partial charge in [0.15, 0.2) is 5.96 Å². The number of hydrogen-bond donors (Lipinski definition) is 2. The summed E-state index contributed by atoms with van der Waals surface area (Å²) in [7, 11) is 0. The molecule has 26 heavy (non-hydrogen) atoms. The summed E-state index contributed by atoms with van der Waals surface area (Å²) in [5.74, 6) is 1.25. The van der Waals surface area contributed by atoms with Crippen molar-refractivity contribution in [1.82, 2.24) is 20.4 Å². The third-order valence-corrected chi connectivity index (χ3v) is 5.53. The highest BCUT2D eigenvalue weighted by Gasteiger charge is 2.20. The zero-order valence-corrected chi connectivity index (χ0v) is 16.9. The Morgan fingerprint density at radius 2 is 1.96 bits per heavy atom. The van der Waals surface area contributed by atoms with Crippen LogP contribution in [0.5, 0.6) is 0 Å². The Labute approximate surface area is 159 Å². The molecule has 0 spiro atoms. The molecule has 0 bridgehead atoms. The van der Waals surface area contributed by atoms with E-state index in [4.69, 9.17) is 4.99 Å². The summed E-state index contributed by atoms with van der Waals surface area (Å²) >= 11 is 0. The van der Waals surface area contributed by atoms with Gasteiger partial charge in [-0.1, -0.05) is 19.8 Å². The van der Waals surface area contributed by atoms with Crippen LogP contribution in [0.4, 0.5) is 0 Å². The van der Waals surface area contributed by atoms with E-state index in [0.29, 0.717) is 11.9 Å². The van der Waals surface area contributed by atoms with Crippen molar-refractivity contribution in [3.8, 4) is 0 Å². The predicted octanol–water partition coefficient (Wildman–Crippen LogP) is 2.21. The number of hydrogen-bond acceptors (Lipinski definition) is 3. The highest BCUT2D eigenvalue weighted by Crippen LogP contribution is 2.16. The molecule has 1 amide bonds. The molecule has 6 heteroatoms. The minimum absolute atomic E-state index is 0.333. The Morgan fingerprint density at radius 1 is 1.12 bits per heavy atom. The van der Waals surface area contributed by atoms with Gasteiger partial charge >= 0.3 is 0 Å². The van der Waals surface area contributed by atoms with Crippen molar-refractivity contribution in [3.05, 3.63) is 0 Å². The monoisotopic (exact) mass is 365 g/mol. The number of carbonyl (C=O) groups excluding carboxylic acids is 1. The van der Waals surface area contributed by atoms with Gasteiger partial charge in [0.2, 0.25) is 5.91 Å². The standard InChI is InChI=1S/C20H39N5O/c1-3-21-20(23-17-18-11-7-9-14-24(18)4-2)22-13-10-16-25-15-8-5-6-12-19(25)26/h18H,3-17H2,1-2H3,(H2,21,22,23). The van der Waals surface area contributed by atoms with Gasteiger partial charge in [-0.3, -0.25) is 14.7 Å². The smallest absolute Gasteiger partial charge is 0.222 e. The Balaban J connectivity index is 1.73. The molecule has 0 aliphatic carbocycles. The number of likely N-dealkylation sites (N-methyl/N-ethyl adjacent to an activating group) is 1. The van der Waals surface area contributed by atoms with Crippen LogP contribution in [-0.2, 0) is 4.79 Å². The largest absolute Gasteiger partial charge is 0.357 e. The Bertz CT molecular complexity index is 440. The molecule has 2 heterocycles. The van der Waals surface area contributed by atoms with Crippen LogP contribution >= 0.6 is 0 Å². The van der Waals surface area contributed by atoms with E-state index in [-0.39, 0.29) is 0 Å². The highest BCUT2D eigenvalue weighted by atomic mass is 16.2. The number of rotatable bonds is 8. The molecule has 150 valence electrons. The van der Waals surface area contributed by atoms with Gasteiger partial charge < -0.3 is 15.5 Å². The summed E-state index contributed by atoms with van der Waals surface area (Å²) in [4.78, 5) is 21.5. The van der Waals surface area contributed by atoms with E-state index in [1.165, 1.54) is 32.2 Å². The van der Waals surface area contributed by atoms with Crippen molar-refractivity contribution in [2.75, 3.05) is 45.8 Å². The molecule has 0 saturated carbocycles. The van der Waals surface area contributed by atoms with Gasteiger partial charge in [-0.25, -0.2) is 0 Å². The van der Waals surface area contributed by atoms with E-state index in [1.54, 1.807) is 0 Å². The molecule has 2 aliphatic heterocycles. The van der Waals surface area contributed by atoms with Crippen molar-refractivity contribution in [2.45, 2.75) is 71.3 Å². The van der Waals surface area contributed by atoms with Crippen molar-refractivity contribution in [2.24, 2.45) is 4.99 Å². The van der Waals surface area contributed by atoms with Crippen LogP contribution in [0.2, 0.25) is 0 Å². The van der Waals surface area contributed by atoms with Crippen LogP contribution in [0, 0.1) is 0 Å². The van der Waals surface area contributed by atoms with Crippen LogP contribution in [0.15, 0.2) is 4.99 Å². The SMILES string of the molecule is CCNC(=NCC1CCCCN1CC)NCCCN1CCCCCC1=O. The minimum atomic E-state index is 0.333. The maximum absolute atomic E-state index is 12.0. The number of nitrogens with one attached hydrogen (secondary N) is 2. The number of nitrogens with zero attached hydrogens (tertiary/aromatic N) is 3. The second-order valence-electron chi connectivity index (χ2n) is 7.47. The minimum Gasteiger partial charge on any atom is -0.357 e. The third-order valence-electron chi connectivity index (χ3n) is 5.53. The van der Waals surface area contributed by atoms with Gasteiger partial charge in [-0.2, -0.15) is 0 Å². The number of guanidine groups is 1. The maximum Gasteiger partial charge on any atom is 0.222 e. The Morgan fingerprint density at radius 3 is 2.77 bits per heavy atom. The molecule has 0 aromatic carbocycles. The number of piperidine rings is 1. The van der Waals surface area contributed by atoms with Crippen molar-refractivity contribution < 1.29 is 4.79 Å². The number of carbonyl (C=O) groups is 1. The molecule has 6 nitrogen and oxygen atoms in total. The van der Waals surface area contributed by atoms with Gasteiger partial charge in [-0.05, 0) is 52.1 Å². The third kappa shape index (κ3) is 7.14. The summed E-state index contributed by atoms with van der Waals surface area (Å²) in [6.45, 7) is 11.1. The second kappa shape index (κ2) is 12.2. The van der Waals surface area contributed by atoms with Gasteiger partial charge in [-0.15, -0.1) is 0 Å². The van der Waals surface area contributed by atoms with Crippen molar-refractivity contribution in [3.63, 3.8) is 0 Å². The first kappa shape index (κ1) is 21.0. The van der Waals surface area contributed by atoms with Crippen molar-refractivity contribution >= 4 is 11.9 Å². The van der Waals surface area contributed by atoms with Gasteiger partial charge in [0.25, 0.3) is 0 Å². The first-order valence-electron chi connectivity index (χ1n) is 10.8. The quantitative estimate of drug-likeness (QED) is 0.393. The molecule has 0 aromatic rings. The van der Waals surface area contributed by atoms with Gasteiger partial charge in [0.05, 0.1) is 6.54 Å². The van der Waals surface area contributed by atoms with E-state index in [1.807, 2.05) is 4.90 Å². The summed E-state index contributed by atoms with van der Waals surface area (Å²) in [6, 6.07) is 0.582. The number of likely N-dealkylation sites (tertiary alicyclic amines) is 2. The number of amides is 1. The number of aliphatic imine (C=N–C) groups is 1. The Hall–Kier alpha value is -1.30. The predicted molar refractivity (Wildman–Crippen MR) is 109 cm³/mol. The summed E-state index contributed by atoms with van der Waals surface area (Å²) in [6.07, 6.45) is 9.00. The average molecular weight is 366 g/mol. The summed E-state index contributed by atoms with van der Waals surface area (Å²) in [5.41, 5.74) is 0. The zero-order valence-electron chi connectivity index (χ0n) is 16.9. The zero-order chi connectivity index (χ0) is 18.6. The molecule has 2 N–H and O–H groups in total. The van der Waals surface area contributed by atoms with Gasteiger partial charge in [0, 0.05) is 38.6 Å². The van der Waals surface area contributed by atoms with E-state index in [0.717, 1.165) is 70.9 Å². The van der Waals surface area contributed by atoms with Crippen LogP contribution in [-0.4, -0.2) is 73.5 Å². The molecule has 2 saturated heterocycles. The van der Waals surface area contributed by atoms with Crippen LogP contribution in [0.3, 0.4) is 0 Å². The molecule has 0 radical (unpaired) electrons. The lowest BCUT2D eigenvalue weighted by atomic mass is 10.0. The van der Waals surface area contributed by atoms with Crippen molar-refractivity contribution in [1.29, 1.82) is 0 Å². The Kier molecular flexibility index (Phi) is 9.82. The molecule has 1 unspecified atom stereocenters. The molecule has 2 fully saturated rings. The fraction of sp³-hybridized carbons (Fsp3) is 0.900. The highest BCUT2D eigenvalue weighted by molar-refractivity contribution is 5.79. The fourth-order valence-electron chi connectivity index (χ4n) is 3.97. The van der Waals surface area contributed by atoms with Crippen LogP contribution in [0.1, 0.15) is 65.2 Å². The molecule has 1 atom stereocenters. The lowest BCUT2D eigenvalue weighted by Crippen LogP contribution is -2.43. The van der Waals surface area contributed by atoms with E-state index in [2.05, 4.69) is 29.4 Å². The van der Waals surface area contributed by atoms with E-state index < -0.39 is 0 Å². The molecule has 2 rings (SSSR count). The summed E-state index contributed by atoms with van der Waals surface area (Å²) in [5, 5.41) is 6.80. The maximum atomic E-state index is 12.0. The summed E-state index contributed by atoms with van der Waals surface area (Å²) < 4.78 is 0. The normalized spacial score (nSPS) is 23.0. The van der Waals surface area contributed by atoms with Crippen LogP contribution in [0.25, 0.3) is 0 Å². The second-order valence-corrected chi connectivity index (χ2v) is 7.47. The van der Waals surface area contributed by atoms with Gasteiger partial charge in [0.1, 0.15) is 0 Å². The molecule has 2 aliphatic rings. The van der Waals surface area contributed by atoms with E-state index >= 15 is 0 Å². The topological polar surface area (TPSA) is 60.0 Å². The lowest BCUT2D eigenvalue weighted by molar-refractivity contribution is -0.130. The average Bonchev–Trinajstić information content (AvgIpc) is 2.87. The first-order valence-corrected chi connectivity index (χ1v) is 10.8. The van der Waals surface area contributed by atoms with Crippen LogP contribution < -0.4 is 10.6 Å². The first-order chi connectivity index (χ1) is 12.7. The molecule has 0 aromatic heterocycles. The van der Waals surface area contributed by atoms with E-state index in [9.17, 15) is 4.79 Å². The molecular weight excluding hydrogens is 326 g/mol. The fourth-order valence-corrected chi connectivity index (χ4v) is 3.97.